The van der Waals surface area contributed by atoms with Crippen LogP contribution >= 0.6 is 0 Å². The van der Waals surface area contributed by atoms with Crippen LogP contribution in [0.1, 0.15) is 26.2 Å². The van der Waals surface area contributed by atoms with Gasteiger partial charge in [-0.3, -0.25) is 0 Å². The van der Waals surface area contributed by atoms with Crippen molar-refractivity contribution in [3.63, 3.8) is 0 Å². The van der Waals surface area contributed by atoms with Gasteiger partial charge in [0.05, 0.1) is 0 Å². The predicted molar refractivity (Wildman–Crippen MR) is 53.6 cm³/mol. The van der Waals surface area contributed by atoms with Crippen LogP contribution in [0, 0.1) is 0 Å². The Hall–Kier alpha value is -1.46. The van der Waals surface area contributed by atoms with Gasteiger partial charge in [-0.2, -0.15) is 0 Å². The van der Waals surface area contributed by atoms with Crippen LogP contribution < -0.4 is 22.1 Å². The van der Waals surface area contributed by atoms with Crippen LogP contribution in [0.2, 0.25) is 0 Å². The van der Waals surface area contributed by atoms with Gasteiger partial charge in [-0.1, -0.05) is 13.3 Å². The SMILES string of the molecule is CCCC(CCNC(N)=O)NC(N)=O. The number of hydrogen-bond acceptors (Lipinski definition) is 2. The van der Waals surface area contributed by atoms with Crippen LogP contribution in [0.25, 0.3) is 0 Å². The molecule has 0 aliphatic heterocycles. The van der Waals surface area contributed by atoms with E-state index in [-0.39, 0.29) is 6.04 Å². The number of amides is 4. The van der Waals surface area contributed by atoms with E-state index in [0.717, 1.165) is 12.8 Å². The number of urea groups is 2. The summed E-state index contributed by atoms with van der Waals surface area (Å²) < 4.78 is 0. The molecule has 0 aromatic rings. The van der Waals surface area contributed by atoms with Crippen molar-refractivity contribution in [2.75, 3.05) is 6.54 Å². The Balaban J connectivity index is 3.72. The highest BCUT2D eigenvalue weighted by Crippen LogP contribution is 2.00. The van der Waals surface area contributed by atoms with E-state index in [1.165, 1.54) is 0 Å². The molecule has 0 aliphatic rings. The minimum Gasteiger partial charge on any atom is -0.352 e. The molecule has 0 radical (unpaired) electrons. The lowest BCUT2D eigenvalue weighted by atomic mass is 10.1. The van der Waals surface area contributed by atoms with E-state index >= 15 is 0 Å². The zero-order valence-electron chi connectivity index (χ0n) is 8.38. The quantitative estimate of drug-likeness (QED) is 0.481. The van der Waals surface area contributed by atoms with Gasteiger partial charge in [0.25, 0.3) is 0 Å². The van der Waals surface area contributed by atoms with Gasteiger partial charge in [-0.25, -0.2) is 9.59 Å². The van der Waals surface area contributed by atoms with E-state index < -0.39 is 12.1 Å². The summed E-state index contributed by atoms with van der Waals surface area (Å²) in [6, 6.07) is -1.09. The van der Waals surface area contributed by atoms with Crippen molar-refractivity contribution in [1.82, 2.24) is 10.6 Å². The standard InChI is InChI=1S/C8H18N4O2/c1-2-3-6(12-8(10)14)4-5-11-7(9)13/h6H,2-5H2,1H3,(H3,9,11,13)(H3,10,12,14). The summed E-state index contributed by atoms with van der Waals surface area (Å²) in [4.78, 5) is 20.9. The summed E-state index contributed by atoms with van der Waals surface area (Å²) in [6.45, 7) is 2.46. The van der Waals surface area contributed by atoms with E-state index in [2.05, 4.69) is 10.6 Å². The summed E-state index contributed by atoms with van der Waals surface area (Å²) >= 11 is 0. The van der Waals surface area contributed by atoms with E-state index in [4.69, 9.17) is 11.5 Å². The molecule has 4 amide bonds. The Kier molecular flexibility index (Phi) is 6.26. The third-order valence-electron chi connectivity index (χ3n) is 1.78. The highest BCUT2D eigenvalue weighted by Gasteiger charge is 2.08. The summed E-state index contributed by atoms with van der Waals surface area (Å²) in [7, 11) is 0. The Morgan fingerprint density at radius 3 is 2.29 bits per heavy atom. The lowest BCUT2D eigenvalue weighted by molar-refractivity contribution is 0.242. The van der Waals surface area contributed by atoms with E-state index in [1.807, 2.05) is 6.92 Å². The Morgan fingerprint density at radius 1 is 1.21 bits per heavy atom. The van der Waals surface area contributed by atoms with E-state index in [0.29, 0.717) is 13.0 Å². The maximum Gasteiger partial charge on any atom is 0.312 e. The maximum atomic E-state index is 10.6. The first kappa shape index (κ1) is 12.5. The van der Waals surface area contributed by atoms with Crippen molar-refractivity contribution >= 4 is 12.1 Å². The summed E-state index contributed by atoms with van der Waals surface area (Å²) in [6.07, 6.45) is 2.42. The second-order valence-corrected chi connectivity index (χ2v) is 3.07. The van der Waals surface area contributed by atoms with Crippen molar-refractivity contribution in [3.05, 3.63) is 0 Å². The second-order valence-electron chi connectivity index (χ2n) is 3.07. The molecule has 0 heterocycles. The van der Waals surface area contributed by atoms with Gasteiger partial charge in [0.2, 0.25) is 0 Å². The fourth-order valence-corrected chi connectivity index (χ4v) is 1.21. The van der Waals surface area contributed by atoms with Crippen molar-refractivity contribution in [3.8, 4) is 0 Å². The van der Waals surface area contributed by atoms with Crippen molar-refractivity contribution < 1.29 is 9.59 Å². The second kappa shape index (κ2) is 6.99. The van der Waals surface area contributed by atoms with Gasteiger partial charge < -0.3 is 22.1 Å². The number of hydrogen-bond donors (Lipinski definition) is 4. The monoisotopic (exact) mass is 202 g/mol. The van der Waals surface area contributed by atoms with Crippen LogP contribution in [-0.4, -0.2) is 24.6 Å². The molecule has 1 atom stereocenters. The maximum absolute atomic E-state index is 10.6. The van der Waals surface area contributed by atoms with E-state index in [9.17, 15) is 9.59 Å². The average molecular weight is 202 g/mol. The Labute approximate surface area is 83.4 Å². The first-order valence-electron chi connectivity index (χ1n) is 4.65. The van der Waals surface area contributed by atoms with Crippen molar-refractivity contribution in [2.45, 2.75) is 32.2 Å². The minimum absolute atomic E-state index is 0.00403. The summed E-state index contributed by atoms with van der Waals surface area (Å²) in [5, 5.41) is 5.06. The van der Waals surface area contributed by atoms with Gasteiger partial charge in [-0.05, 0) is 12.8 Å². The molecule has 0 fully saturated rings. The summed E-state index contributed by atoms with van der Waals surface area (Å²) in [5.41, 5.74) is 9.88. The average Bonchev–Trinajstić information content (AvgIpc) is 2.02. The van der Waals surface area contributed by atoms with Crippen molar-refractivity contribution in [1.29, 1.82) is 0 Å². The van der Waals surface area contributed by atoms with Crippen molar-refractivity contribution in [2.24, 2.45) is 11.5 Å². The van der Waals surface area contributed by atoms with E-state index in [1.54, 1.807) is 0 Å². The van der Waals surface area contributed by atoms with Crippen LogP contribution in [0.3, 0.4) is 0 Å². The predicted octanol–water partition coefficient (Wildman–Crippen LogP) is -0.118. The molecule has 14 heavy (non-hydrogen) atoms. The van der Waals surface area contributed by atoms with Crippen LogP contribution in [0.15, 0.2) is 0 Å². The number of carbonyl (C=O) groups is 2. The van der Waals surface area contributed by atoms with Gasteiger partial charge in [0.15, 0.2) is 0 Å². The highest BCUT2D eigenvalue weighted by atomic mass is 16.2. The molecule has 6 N–H and O–H groups in total. The number of primary amides is 2. The molecule has 0 aliphatic carbocycles. The van der Waals surface area contributed by atoms with Crippen LogP contribution in [0.5, 0.6) is 0 Å². The molecule has 0 rings (SSSR count). The van der Waals surface area contributed by atoms with Gasteiger partial charge >= 0.3 is 12.1 Å². The van der Waals surface area contributed by atoms with Crippen LogP contribution in [0.4, 0.5) is 9.59 Å². The number of rotatable bonds is 6. The third kappa shape index (κ3) is 7.20. The summed E-state index contributed by atoms with van der Waals surface area (Å²) in [5.74, 6) is 0. The van der Waals surface area contributed by atoms with Gasteiger partial charge in [0.1, 0.15) is 0 Å². The normalized spacial score (nSPS) is 11.8. The molecule has 0 aromatic heterocycles. The number of nitrogens with one attached hydrogen (secondary N) is 2. The smallest absolute Gasteiger partial charge is 0.312 e. The zero-order chi connectivity index (χ0) is 11.0. The third-order valence-corrected chi connectivity index (χ3v) is 1.78. The number of nitrogens with two attached hydrogens (primary N) is 2. The number of carbonyl (C=O) groups excluding carboxylic acids is 2. The largest absolute Gasteiger partial charge is 0.352 e. The molecule has 1 unspecified atom stereocenters. The lowest BCUT2D eigenvalue weighted by Gasteiger charge is -2.16. The fraction of sp³-hybridized carbons (Fsp3) is 0.750. The zero-order valence-corrected chi connectivity index (χ0v) is 8.38. The molecular weight excluding hydrogens is 184 g/mol. The molecule has 0 aromatic carbocycles. The lowest BCUT2D eigenvalue weighted by Crippen LogP contribution is -2.41. The molecule has 6 nitrogen and oxygen atoms in total. The Bertz CT molecular complexity index is 196. The van der Waals surface area contributed by atoms with Gasteiger partial charge in [0, 0.05) is 12.6 Å². The highest BCUT2D eigenvalue weighted by molar-refractivity contribution is 5.72. The molecule has 6 heteroatoms. The molecule has 0 spiro atoms. The topological polar surface area (TPSA) is 110 Å². The first-order valence-corrected chi connectivity index (χ1v) is 4.65. The molecular formula is C8H18N4O2. The molecule has 0 bridgehead atoms. The minimum atomic E-state index is -0.556. The first-order chi connectivity index (χ1) is 6.56. The Morgan fingerprint density at radius 2 is 1.86 bits per heavy atom. The van der Waals surface area contributed by atoms with Crippen LogP contribution in [-0.2, 0) is 0 Å². The molecule has 0 saturated heterocycles. The fourth-order valence-electron chi connectivity index (χ4n) is 1.21. The molecule has 82 valence electrons. The molecule has 0 saturated carbocycles. The van der Waals surface area contributed by atoms with Gasteiger partial charge in [-0.15, -0.1) is 0 Å².